The van der Waals surface area contributed by atoms with E-state index in [1.807, 2.05) is 42.2 Å². The molecule has 0 fully saturated rings. The number of unbranched alkanes of at least 4 members (excludes halogenated alkanes) is 1. The fourth-order valence-electron chi connectivity index (χ4n) is 4.33. The Bertz CT molecular complexity index is 1280. The molecule has 1 aliphatic heterocycles. The molecule has 192 valence electrons. The summed E-state index contributed by atoms with van der Waals surface area (Å²) in [6.07, 6.45) is 4.01. The van der Waals surface area contributed by atoms with Gasteiger partial charge < -0.3 is 10.0 Å². The van der Waals surface area contributed by atoms with Crippen molar-refractivity contribution in [3.8, 4) is 0 Å². The standard InChI is InChI=1S/C24H32N2O6S3/c1-4-6-12-24(5-2)17-26(19-10-8-7-9-11-19)20-14-21(34(3,29)30)18(15-33-16-23(27)28)13-22(20)35(31,32)25-24/h7-11,13-14,25H,4-6,12,15-17H2,1-3H3,(H,27,28). The van der Waals surface area contributed by atoms with E-state index in [9.17, 15) is 21.6 Å². The van der Waals surface area contributed by atoms with Crippen molar-refractivity contribution in [2.45, 2.75) is 60.6 Å². The van der Waals surface area contributed by atoms with Crippen LogP contribution >= 0.6 is 11.8 Å². The number of anilines is 2. The fourth-order valence-corrected chi connectivity index (χ4v) is 7.82. The SMILES string of the molecule is CCCCC1(CC)CN(c2ccccc2)c2cc(S(C)(=O)=O)c(CSCC(=O)O)cc2S(=O)(=O)N1. The predicted molar refractivity (Wildman–Crippen MR) is 140 cm³/mol. The lowest BCUT2D eigenvalue weighted by Crippen LogP contribution is -2.52. The Kier molecular flexibility index (Phi) is 8.56. The van der Waals surface area contributed by atoms with Crippen molar-refractivity contribution in [1.29, 1.82) is 0 Å². The highest BCUT2D eigenvalue weighted by molar-refractivity contribution is 7.99. The maximum absolute atomic E-state index is 13.7. The Balaban J connectivity index is 2.28. The molecule has 0 amide bonds. The van der Waals surface area contributed by atoms with Gasteiger partial charge in [-0.15, -0.1) is 11.8 Å². The first-order valence-corrected chi connectivity index (χ1v) is 16.0. The van der Waals surface area contributed by atoms with Crippen molar-refractivity contribution in [3.63, 3.8) is 0 Å². The summed E-state index contributed by atoms with van der Waals surface area (Å²) in [4.78, 5) is 12.9. The lowest BCUT2D eigenvalue weighted by molar-refractivity contribution is -0.133. The number of carboxylic acids is 1. The zero-order valence-corrected chi connectivity index (χ0v) is 22.6. The highest BCUT2D eigenvalue weighted by atomic mass is 32.2. The first-order chi connectivity index (χ1) is 16.4. The molecule has 0 saturated carbocycles. The van der Waals surface area contributed by atoms with Crippen molar-refractivity contribution in [1.82, 2.24) is 4.72 Å². The maximum Gasteiger partial charge on any atom is 0.313 e. The summed E-state index contributed by atoms with van der Waals surface area (Å²) >= 11 is 1.02. The van der Waals surface area contributed by atoms with Crippen LogP contribution in [0.3, 0.4) is 0 Å². The first-order valence-electron chi connectivity index (χ1n) is 11.5. The number of hydrogen-bond acceptors (Lipinski definition) is 7. The van der Waals surface area contributed by atoms with Gasteiger partial charge in [-0.05, 0) is 42.7 Å². The molecule has 0 spiro atoms. The summed E-state index contributed by atoms with van der Waals surface area (Å²) in [6.45, 7) is 4.35. The second-order valence-corrected chi connectivity index (χ2v) is 13.5. The van der Waals surface area contributed by atoms with Crippen LogP contribution in [0.4, 0.5) is 11.4 Å². The van der Waals surface area contributed by atoms with Gasteiger partial charge >= 0.3 is 5.97 Å². The molecule has 2 aromatic rings. The summed E-state index contributed by atoms with van der Waals surface area (Å²) in [5.74, 6) is -1.20. The zero-order valence-electron chi connectivity index (χ0n) is 20.2. The van der Waals surface area contributed by atoms with Gasteiger partial charge in [0.1, 0.15) is 4.90 Å². The minimum atomic E-state index is -4.01. The monoisotopic (exact) mass is 540 g/mol. The lowest BCUT2D eigenvalue weighted by atomic mass is 9.89. The summed E-state index contributed by atoms with van der Waals surface area (Å²) in [5, 5.41) is 9.00. The third-order valence-corrected chi connectivity index (χ3v) is 9.92. The van der Waals surface area contributed by atoms with E-state index >= 15 is 0 Å². The van der Waals surface area contributed by atoms with Crippen molar-refractivity contribution in [3.05, 3.63) is 48.0 Å². The normalized spacial score (nSPS) is 19.7. The van der Waals surface area contributed by atoms with E-state index in [1.165, 1.54) is 12.1 Å². The number of fused-ring (bicyclic) bond motifs is 1. The van der Waals surface area contributed by atoms with Gasteiger partial charge in [0.25, 0.3) is 0 Å². The van der Waals surface area contributed by atoms with Crippen LogP contribution in [-0.4, -0.2) is 52.0 Å². The number of nitrogens with zero attached hydrogens (tertiary/aromatic N) is 1. The molecule has 8 nitrogen and oxygen atoms in total. The molecule has 35 heavy (non-hydrogen) atoms. The summed E-state index contributed by atoms with van der Waals surface area (Å²) < 4.78 is 55.9. The topological polar surface area (TPSA) is 121 Å². The summed E-state index contributed by atoms with van der Waals surface area (Å²) in [5.41, 5.74) is 0.582. The highest BCUT2D eigenvalue weighted by Gasteiger charge is 2.41. The van der Waals surface area contributed by atoms with Crippen LogP contribution in [0, 0.1) is 0 Å². The van der Waals surface area contributed by atoms with Crippen molar-refractivity contribution in [2.75, 3.05) is 23.5 Å². The summed E-state index contributed by atoms with van der Waals surface area (Å²) in [6, 6.07) is 12.2. The number of aliphatic carboxylic acids is 1. The third kappa shape index (κ3) is 6.38. The molecule has 2 N–H and O–H groups in total. The molecule has 11 heteroatoms. The van der Waals surface area contributed by atoms with E-state index in [0.29, 0.717) is 25.1 Å². The van der Waals surface area contributed by atoms with Crippen LogP contribution < -0.4 is 9.62 Å². The van der Waals surface area contributed by atoms with Crippen LogP contribution in [0.25, 0.3) is 0 Å². The average molecular weight is 541 g/mol. The third-order valence-electron chi connectivity index (χ3n) is 6.17. The van der Waals surface area contributed by atoms with Crippen molar-refractivity contribution in [2.24, 2.45) is 0 Å². The number of carbonyl (C=O) groups is 1. The molecule has 2 aromatic carbocycles. The van der Waals surface area contributed by atoms with Gasteiger partial charge in [0.15, 0.2) is 9.84 Å². The molecule has 0 aliphatic carbocycles. The number of sulfonamides is 1. The molecule has 0 aromatic heterocycles. The molecule has 1 aliphatic rings. The van der Waals surface area contributed by atoms with E-state index in [4.69, 9.17) is 5.11 Å². The van der Waals surface area contributed by atoms with Crippen LogP contribution in [0.15, 0.2) is 52.3 Å². The number of nitrogens with one attached hydrogen (secondary N) is 1. The van der Waals surface area contributed by atoms with Gasteiger partial charge in [-0.2, -0.15) is 0 Å². The number of rotatable bonds is 10. The lowest BCUT2D eigenvalue weighted by Gasteiger charge is -2.36. The van der Waals surface area contributed by atoms with Crippen LogP contribution in [0.1, 0.15) is 45.1 Å². The number of hydrogen-bond donors (Lipinski definition) is 2. The molecular formula is C24H32N2O6S3. The number of para-hydroxylation sites is 1. The predicted octanol–water partition coefficient (Wildman–Crippen LogP) is 4.18. The molecule has 1 heterocycles. The van der Waals surface area contributed by atoms with Gasteiger partial charge in [-0.1, -0.05) is 44.9 Å². The highest BCUT2D eigenvalue weighted by Crippen LogP contribution is 2.41. The number of benzene rings is 2. The molecular weight excluding hydrogens is 508 g/mol. The molecule has 1 unspecified atom stereocenters. The Morgan fingerprint density at radius 2 is 1.89 bits per heavy atom. The van der Waals surface area contributed by atoms with E-state index in [0.717, 1.165) is 36.5 Å². The number of carboxylic acid groups (broad SMARTS) is 1. The van der Waals surface area contributed by atoms with Crippen LogP contribution in [0.2, 0.25) is 0 Å². The van der Waals surface area contributed by atoms with E-state index in [1.54, 1.807) is 0 Å². The second kappa shape index (κ2) is 10.9. The Hall–Kier alpha value is -2.08. The molecule has 3 rings (SSSR count). The minimum Gasteiger partial charge on any atom is -0.481 e. The first kappa shape index (κ1) is 27.5. The Morgan fingerprint density at radius 1 is 1.20 bits per heavy atom. The Morgan fingerprint density at radius 3 is 2.46 bits per heavy atom. The Labute approximate surface area is 212 Å². The largest absolute Gasteiger partial charge is 0.481 e. The maximum atomic E-state index is 13.7. The summed E-state index contributed by atoms with van der Waals surface area (Å²) in [7, 11) is -7.73. The average Bonchev–Trinajstić information content (AvgIpc) is 2.89. The van der Waals surface area contributed by atoms with Crippen LogP contribution in [-0.2, 0) is 30.4 Å². The molecule has 0 radical (unpaired) electrons. The molecule has 0 saturated heterocycles. The zero-order chi connectivity index (χ0) is 25.9. The van der Waals surface area contributed by atoms with Gasteiger partial charge in [0, 0.05) is 24.2 Å². The molecule has 1 atom stereocenters. The van der Waals surface area contributed by atoms with Crippen molar-refractivity contribution < 1.29 is 26.7 Å². The quantitative estimate of drug-likeness (QED) is 0.461. The second-order valence-electron chi connectivity index (χ2n) is 8.85. The number of thioether (sulfide) groups is 1. The van der Waals surface area contributed by atoms with E-state index < -0.39 is 31.4 Å². The van der Waals surface area contributed by atoms with E-state index in [2.05, 4.69) is 11.6 Å². The van der Waals surface area contributed by atoms with Gasteiger partial charge in [-0.3, -0.25) is 4.79 Å². The van der Waals surface area contributed by atoms with Gasteiger partial charge in [0.05, 0.1) is 21.9 Å². The number of sulfone groups is 1. The van der Waals surface area contributed by atoms with Crippen molar-refractivity contribution >= 4 is 49.0 Å². The minimum absolute atomic E-state index is 0.00262. The van der Waals surface area contributed by atoms with E-state index in [-0.39, 0.29) is 26.9 Å². The van der Waals surface area contributed by atoms with Gasteiger partial charge in [0.2, 0.25) is 10.0 Å². The molecule has 0 bridgehead atoms. The van der Waals surface area contributed by atoms with Gasteiger partial charge in [-0.25, -0.2) is 21.6 Å². The fraction of sp³-hybridized carbons (Fsp3) is 0.458. The smallest absolute Gasteiger partial charge is 0.313 e. The van der Waals surface area contributed by atoms with Crippen LogP contribution in [0.5, 0.6) is 0 Å².